The van der Waals surface area contributed by atoms with Gasteiger partial charge in [-0.3, -0.25) is 4.79 Å². The highest BCUT2D eigenvalue weighted by Crippen LogP contribution is 2.29. The molecule has 0 unspecified atom stereocenters. The van der Waals surface area contributed by atoms with Crippen LogP contribution >= 0.6 is 23.2 Å². The third-order valence-corrected chi connectivity index (χ3v) is 8.06. The largest absolute Gasteiger partial charge is 0.348 e. The first-order valence-corrected chi connectivity index (χ1v) is 12.9. The van der Waals surface area contributed by atoms with Gasteiger partial charge in [-0.1, -0.05) is 59.6 Å². The van der Waals surface area contributed by atoms with Crippen molar-refractivity contribution in [2.24, 2.45) is 0 Å². The molecule has 1 amide bonds. The first-order chi connectivity index (χ1) is 15.8. The van der Waals surface area contributed by atoms with E-state index in [0.29, 0.717) is 10.0 Å². The average molecular weight is 503 g/mol. The van der Waals surface area contributed by atoms with Crippen molar-refractivity contribution in [2.45, 2.75) is 36.7 Å². The second kappa shape index (κ2) is 10.3. The van der Waals surface area contributed by atoms with Crippen molar-refractivity contribution in [1.29, 1.82) is 0 Å². The van der Waals surface area contributed by atoms with Gasteiger partial charge >= 0.3 is 0 Å². The summed E-state index contributed by atoms with van der Waals surface area (Å²) >= 11 is 11.9. The molecule has 0 spiro atoms. The number of hydrogen-bond donors (Lipinski definition) is 1. The van der Waals surface area contributed by atoms with E-state index < -0.39 is 10.0 Å². The molecular weight excluding hydrogens is 479 g/mol. The van der Waals surface area contributed by atoms with Gasteiger partial charge in [0, 0.05) is 16.6 Å². The van der Waals surface area contributed by atoms with E-state index in [1.54, 1.807) is 24.3 Å². The smallest absolute Gasteiger partial charge is 0.243 e. The Morgan fingerprint density at radius 1 is 0.939 bits per heavy atom. The molecule has 0 fully saturated rings. The van der Waals surface area contributed by atoms with Crippen molar-refractivity contribution in [1.82, 2.24) is 9.62 Å². The van der Waals surface area contributed by atoms with Crippen LogP contribution in [0, 0.1) is 0 Å². The second-order valence-corrected chi connectivity index (χ2v) is 10.9. The number of nitrogens with one attached hydrogen (secondary N) is 1. The Hall–Kier alpha value is -2.38. The molecular formula is C25H24Cl2N2O3S. The number of benzene rings is 3. The van der Waals surface area contributed by atoms with Crippen LogP contribution < -0.4 is 5.32 Å². The number of aryl methyl sites for hydroxylation is 1. The van der Waals surface area contributed by atoms with Crippen molar-refractivity contribution in [3.8, 4) is 0 Å². The molecule has 1 aliphatic rings. The molecule has 33 heavy (non-hydrogen) atoms. The summed E-state index contributed by atoms with van der Waals surface area (Å²) in [5, 5.41) is 4.04. The van der Waals surface area contributed by atoms with Gasteiger partial charge in [0.1, 0.15) is 0 Å². The summed E-state index contributed by atoms with van der Waals surface area (Å²) < 4.78 is 28.0. The quantitative estimate of drug-likeness (QED) is 0.471. The van der Waals surface area contributed by atoms with Crippen LogP contribution in [0.25, 0.3) is 0 Å². The molecule has 3 aromatic carbocycles. The third kappa shape index (κ3) is 5.76. The molecule has 8 heteroatoms. The molecule has 3 aromatic rings. The van der Waals surface area contributed by atoms with Crippen LogP contribution in [0.5, 0.6) is 0 Å². The second-order valence-electron chi connectivity index (χ2n) is 8.06. The summed E-state index contributed by atoms with van der Waals surface area (Å²) in [4.78, 5) is 13.1. The lowest BCUT2D eigenvalue weighted by Crippen LogP contribution is -2.42. The Bertz CT molecular complexity index is 1230. The number of carbonyl (C=O) groups is 1. The Balaban J connectivity index is 1.57. The predicted octanol–water partition coefficient (Wildman–Crippen LogP) is 5.38. The first-order valence-electron chi connectivity index (χ1n) is 10.7. The summed E-state index contributed by atoms with van der Waals surface area (Å²) in [6.45, 7) is -0.261. The van der Waals surface area contributed by atoms with E-state index in [2.05, 4.69) is 11.4 Å². The van der Waals surface area contributed by atoms with E-state index in [-0.39, 0.29) is 29.9 Å². The van der Waals surface area contributed by atoms with Crippen molar-refractivity contribution in [3.05, 3.63) is 99.5 Å². The van der Waals surface area contributed by atoms with Crippen molar-refractivity contribution in [2.75, 3.05) is 6.54 Å². The van der Waals surface area contributed by atoms with Crippen LogP contribution in [0.4, 0.5) is 0 Å². The maximum atomic E-state index is 13.4. The fraction of sp³-hybridized carbons (Fsp3) is 0.240. The zero-order valence-electron chi connectivity index (χ0n) is 17.9. The van der Waals surface area contributed by atoms with Gasteiger partial charge in [0.25, 0.3) is 0 Å². The van der Waals surface area contributed by atoms with Gasteiger partial charge in [-0.15, -0.1) is 0 Å². The highest BCUT2D eigenvalue weighted by Gasteiger charge is 2.29. The number of rotatable bonds is 7. The highest BCUT2D eigenvalue weighted by atomic mass is 35.5. The fourth-order valence-corrected chi connectivity index (χ4v) is 5.72. The summed E-state index contributed by atoms with van der Waals surface area (Å²) in [5.41, 5.74) is 3.05. The van der Waals surface area contributed by atoms with Crippen molar-refractivity contribution >= 4 is 39.1 Å². The summed E-state index contributed by atoms with van der Waals surface area (Å²) in [5.74, 6) is -0.344. The van der Waals surface area contributed by atoms with Crippen LogP contribution in [-0.2, 0) is 27.8 Å². The maximum absolute atomic E-state index is 13.4. The predicted molar refractivity (Wildman–Crippen MR) is 131 cm³/mol. The number of fused-ring (bicyclic) bond motifs is 1. The Morgan fingerprint density at radius 2 is 1.58 bits per heavy atom. The molecule has 172 valence electrons. The van der Waals surface area contributed by atoms with E-state index in [1.165, 1.54) is 34.1 Å². The summed E-state index contributed by atoms with van der Waals surface area (Å²) in [6, 6.07) is 20.8. The zero-order chi connectivity index (χ0) is 23.4. The minimum absolute atomic E-state index is 0.0385. The van der Waals surface area contributed by atoms with Gasteiger partial charge in [0.05, 0.1) is 17.5 Å². The number of hydrogen-bond acceptors (Lipinski definition) is 3. The molecule has 1 aliphatic carbocycles. The van der Waals surface area contributed by atoms with Crippen LogP contribution in [0.1, 0.15) is 35.6 Å². The number of halogens is 2. The lowest BCUT2D eigenvalue weighted by atomic mass is 9.88. The van der Waals surface area contributed by atoms with Crippen molar-refractivity contribution < 1.29 is 13.2 Å². The molecule has 0 aromatic heterocycles. The van der Waals surface area contributed by atoms with Gasteiger partial charge in [0.2, 0.25) is 15.9 Å². The molecule has 4 rings (SSSR count). The molecule has 1 N–H and O–H groups in total. The fourth-order valence-electron chi connectivity index (χ4n) is 4.08. The Morgan fingerprint density at radius 3 is 2.27 bits per heavy atom. The van der Waals surface area contributed by atoms with Crippen LogP contribution in [0.3, 0.4) is 0 Å². The van der Waals surface area contributed by atoms with E-state index in [4.69, 9.17) is 23.2 Å². The number of sulfonamides is 1. The van der Waals surface area contributed by atoms with E-state index in [1.807, 2.05) is 18.2 Å². The van der Waals surface area contributed by atoms with Crippen molar-refractivity contribution in [3.63, 3.8) is 0 Å². The van der Waals surface area contributed by atoms with E-state index in [0.717, 1.165) is 30.4 Å². The highest BCUT2D eigenvalue weighted by molar-refractivity contribution is 7.89. The topological polar surface area (TPSA) is 66.5 Å². The Labute approximate surface area is 204 Å². The maximum Gasteiger partial charge on any atom is 0.243 e. The summed E-state index contributed by atoms with van der Waals surface area (Å²) in [7, 11) is -3.94. The molecule has 0 radical (unpaired) electrons. The standard InChI is InChI=1S/C25H24Cl2N2O3S/c26-20-10-8-18(9-11-20)16-29(33(31,32)22-14-12-21(27)13-15-22)17-25(30)28-24-7-3-5-19-4-1-2-6-23(19)24/h1-2,4,6,8-15,24H,3,5,7,16-17H2,(H,28,30)/t24-/m1/s1. The number of carbonyl (C=O) groups excluding carboxylic acids is 1. The van der Waals surface area contributed by atoms with Gasteiger partial charge in [0.15, 0.2) is 0 Å². The number of amides is 1. The summed E-state index contributed by atoms with van der Waals surface area (Å²) in [6.07, 6.45) is 2.78. The van der Waals surface area contributed by atoms with E-state index >= 15 is 0 Å². The van der Waals surface area contributed by atoms with E-state index in [9.17, 15) is 13.2 Å². The monoisotopic (exact) mass is 502 g/mol. The van der Waals surface area contributed by atoms with Crippen LogP contribution in [-0.4, -0.2) is 25.2 Å². The van der Waals surface area contributed by atoms with Crippen LogP contribution in [0.15, 0.2) is 77.7 Å². The molecule has 0 bridgehead atoms. The SMILES string of the molecule is O=C(CN(Cc1ccc(Cl)cc1)S(=O)(=O)c1ccc(Cl)cc1)N[C@@H]1CCCc2ccccc21. The molecule has 0 heterocycles. The molecule has 1 atom stereocenters. The lowest BCUT2D eigenvalue weighted by Gasteiger charge is -2.28. The number of nitrogens with zero attached hydrogens (tertiary/aromatic N) is 1. The van der Waals surface area contributed by atoms with Gasteiger partial charge in [-0.25, -0.2) is 8.42 Å². The van der Waals surface area contributed by atoms with Gasteiger partial charge in [-0.2, -0.15) is 4.31 Å². The first kappa shape index (κ1) is 23.8. The minimum atomic E-state index is -3.94. The lowest BCUT2D eigenvalue weighted by molar-refractivity contribution is -0.122. The van der Waals surface area contributed by atoms with Gasteiger partial charge < -0.3 is 5.32 Å². The average Bonchev–Trinajstić information content (AvgIpc) is 2.80. The molecule has 0 aliphatic heterocycles. The molecule has 5 nitrogen and oxygen atoms in total. The molecule has 0 saturated heterocycles. The Kier molecular flexibility index (Phi) is 7.39. The normalized spacial score (nSPS) is 15.8. The minimum Gasteiger partial charge on any atom is -0.348 e. The van der Waals surface area contributed by atoms with Gasteiger partial charge in [-0.05, 0) is 72.4 Å². The van der Waals surface area contributed by atoms with Crippen LogP contribution in [0.2, 0.25) is 10.0 Å². The zero-order valence-corrected chi connectivity index (χ0v) is 20.2. The molecule has 0 saturated carbocycles. The third-order valence-electron chi connectivity index (χ3n) is 5.75.